The monoisotopic (exact) mass is 236 g/mol. The number of carbonyl (C=O) groups excluding carboxylic acids is 1. The van der Waals surface area contributed by atoms with E-state index < -0.39 is 0 Å². The second-order valence-electron chi connectivity index (χ2n) is 4.26. The molecular formula is C13H20N2O2. The lowest BCUT2D eigenvalue weighted by atomic mass is 10.1. The molecule has 0 aliphatic heterocycles. The molecule has 2 unspecified atom stereocenters. The highest BCUT2D eigenvalue weighted by Crippen LogP contribution is 2.17. The Bertz CT molecular complexity index is 379. The first-order valence-corrected chi connectivity index (χ1v) is 5.86. The number of hydrogen-bond acceptors (Lipinski definition) is 3. The molecule has 0 aliphatic carbocycles. The van der Waals surface area contributed by atoms with Gasteiger partial charge in [0.2, 0.25) is 5.91 Å². The maximum absolute atomic E-state index is 11.6. The number of phenols is 1. The van der Waals surface area contributed by atoms with Gasteiger partial charge in [-0.2, -0.15) is 0 Å². The van der Waals surface area contributed by atoms with Crippen LogP contribution in [0.4, 0.5) is 0 Å². The van der Waals surface area contributed by atoms with E-state index in [1.807, 2.05) is 19.9 Å². The molecule has 4 nitrogen and oxygen atoms in total. The number of amides is 1. The predicted octanol–water partition coefficient (Wildman–Crippen LogP) is 1.70. The van der Waals surface area contributed by atoms with Gasteiger partial charge in [-0.3, -0.25) is 4.79 Å². The Morgan fingerprint density at radius 2 is 2.24 bits per heavy atom. The second kappa shape index (κ2) is 6.25. The summed E-state index contributed by atoms with van der Waals surface area (Å²) in [5, 5.41) is 12.2. The molecule has 0 spiro atoms. The molecule has 0 aliphatic rings. The molecule has 1 aromatic carbocycles. The number of nitrogens with one attached hydrogen (secondary N) is 1. The van der Waals surface area contributed by atoms with Crippen molar-refractivity contribution in [3.63, 3.8) is 0 Å². The van der Waals surface area contributed by atoms with Gasteiger partial charge in [-0.15, -0.1) is 0 Å². The van der Waals surface area contributed by atoms with Gasteiger partial charge < -0.3 is 16.2 Å². The minimum Gasteiger partial charge on any atom is -0.508 e. The molecule has 0 aromatic heterocycles. The van der Waals surface area contributed by atoms with Crippen LogP contribution in [-0.4, -0.2) is 17.1 Å². The number of aromatic hydroxyl groups is 1. The molecule has 0 saturated heterocycles. The summed E-state index contributed by atoms with van der Waals surface area (Å²) in [6, 6.07) is 6.65. The highest BCUT2D eigenvalue weighted by atomic mass is 16.3. The number of rotatable bonds is 5. The molecule has 0 saturated carbocycles. The van der Waals surface area contributed by atoms with E-state index in [0.29, 0.717) is 6.42 Å². The van der Waals surface area contributed by atoms with E-state index in [0.717, 1.165) is 12.0 Å². The summed E-state index contributed by atoms with van der Waals surface area (Å²) in [5.74, 6) is 0.143. The molecule has 0 bridgehead atoms. The predicted molar refractivity (Wildman–Crippen MR) is 67.5 cm³/mol. The zero-order valence-corrected chi connectivity index (χ0v) is 10.3. The van der Waals surface area contributed by atoms with Crippen molar-refractivity contribution < 1.29 is 9.90 Å². The smallest absolute Gasteiger partial charge is 0.222 e. The minimum atomic E-state index is -0.126. The number of carbonyl (C=O) groups is 1. The maximum Gasteiger partial charge on any atom is 0.222 e. The Morgan fingerprint density at radius 1 is 1.53 bits per heavy atom. The zero-order chi connectivity index (χ0) is 12.8. The van der Waals surface area contributed by atoms with Crippen molar-refractivity contribution in [2.45, 2.75) is 38.8 Å². The molecule has 1 rings (SSSR count). The third kappa shape index (κ3) is 4.44. The van der Waals surface area contributed by atoms with Crippen LogP contribution in [0.2, 0.25) is 0 Å². The van der Waals surface area contributed by atoms with E-state index in [-0.39, 0.29) is 23.7 Å². The lowest BCUT2D eigenvalue weighted by molar-refractivity contribution is -0.122. The van der Waals surface area contributed by atoms with Crippen LogP contribution in [0.5, 0.6) is 5.75 Å². The Kier molecular flexibility index (Phi) is 4.97. The topological polar surface area (TPSA) is 75.4 Å². The van der Waals surface area contributed by atoms with Gasteiger partial charge in [-0.25, -0.2) is 0 Å². The molecule has 0 heterocycles. The van der Waals surface area contributed by atoms with Gasteiger partial charge in [0.05, 0.1) is 6.04 Å². The molecule has 1 amide bonds. The molecule has 1 aromatic rings. The van der Waals surface area contributed by atoms with Crippen molar-refractivity contribution in [1.29, 1.82) is 0 Å². The van der Waals surface area contributed by atoms with Crippen LogP contribution in [0.3, 0.4) is 0 Å². The highest BCUT2D eigenvalue weighted by molar-refractivity contribution is 5.77. The van der Waals surface area contributed by atoms with Gasteiger partial charge >= 0.3 is 0 Å². The first-order chi connectivity index (χ1) is 8.02. The average molecular weight is 236 g/mol. The van der Waals surface area contributed by atoms with Gasteiger partial charge in [0.15, 0.2) is 0 Å². The van der Waals surface area contributed by atoms with Crippen LogP contribution in [0.25, 0.3) is 0 Å². The van der Waals surface area contributed by atoms with Crippen molar-refractivity contribution in [2.75, 3.05) is 0 Å². The van der Waals surface area contributed by atoms with Gasteiger partial charge in [-0.05, 0) is 31.0 Å². The number of hydrogen-bond donors (Lipinski definition) is 3. The number of phenolic OH excluding ortho intramolecular Hbond substituents is 1. The fraction of sp³-hybridized carbons (Fsp3) is 0.462. The molecular weight excluding hydrogens is 216 g/mol. The number of benzene rings is 1. The van der Waals surface area contributed by atoms with E-state index in [2.05, 4.69) is 5.32 Å². The van der Waals surface area contributed by atoms with Crippen molar-refractivity contribution in [2.24, 2.45) is 5.73 Å². The quantitative estimate of drug-likeness (QED) is 0.728. The molecule has 94 valence electrons. The standard InChI is InChI=1S/C13H20N2O2/c1-3-11(14)8-13(17)15-9(2)10-5-4-6-12(16)7-10/h4-7,9,11,16H,3,8,14H2,1-2H3,(H,15,17). The van der Waals surface area contributed by atoms with Crippen LogP contribution in [-0.2, 0) is 4.79 Å². The second-order valence-corrected chi connectivity index (χ2v) is 4.26. The molecule has 0 radical (unpaired) electrons. The van der Waals surface area contributed by atoms with Crippen LogP contribution >= 0.6 is 0 Å². The van der Waals surface area contributed by atoms with E-state index >= 15 is 0 Å². The van der Waals surface area contributed by atoms with Crippen molar-refractivity contribution >= 4 is 5.91 Å². The fourth-order valence-electron chi connectivity index (χ4n) is 1.56. The molecule has 4 N–H and O–H groups in total. The van der Waals surface area contributed by atoms with E-state index in [4.69, 9.17) is 5.73 Å². The van der Waals surface area contributed by atoms with Crippen LogP contribution in [0.1, 0.15) is 38.3 Å². The highest BCUT2D eigenvalue weighted by Gasteiger charge is 2.12. The summed E-state index contributed by atoms with van der Waals surface area (Å²) < 4.78 is 0. The van der Waals surface area contributed by atoms with Gasteiger partial charge in [0.25, 0.3) is 0 Å². The van der Waals surface area contributed by atoms with Crippen LogP contribution in [0, 0.1) is 0 Å². The van der Waals surface area contributed by atoms with Gasteiger partial charge in [-0.1, -0.05) is 19.1 Å². The van der Waals surface area contributed by atoms with Crippen LogP contribution < -0.4 is 11.1 Å². The molecule has 4 heteroatoms. The summed E-state index contributed by atoms with van der Waals surface area (Å²) >= 11 is 0. The Balaban J connectivity index is 2.54. The summed E-state index contributed by atoms with van der Waals surface area (Å²) in [4.78, 5) is 11.6. The normalized spacial score (nSPS) is 14.1. The largest absolute Gasteiger partial charge is 0.508 e. The summed E-state index contributed by atoms with van der Waals surface area (Å²) in [7, 11) is 0. The lowest BCUT2D eigenvalue weighted by Gasteiger charge is -2.16. The third-order valence-corrected chi connectivity index (χ3v) is 2.72. The van der Waals surface area contributed by atoms with Gasteiger partial charge in [0, 0.05) is 12.5 Å². The Morgan fingerprint density at radius 3 is 2.82 bits per heavy atom. The van der Waals surface area contributed by atoms with Crippen LogP contribution in [0.15, 0.2) is 24.3 Å². The number of nitrogens with two attached hydrogens (primary N) is 1. The third-order valence-electron chi connectivity index (χ3n) is 2.72. The zero-order valence-electron chi connectivity index (χ0n) is 10.3. The minimum absolute atomic E-state index is 0.0600. The lowest BCUT2D eigenvalue weighted by Crippen LogP contribution is -2.32. The SMILES string of the molecule is CCC(N)CC(=O)NC(C)c1cccc(O)c1. The molecule has 2 atom stereocenters. The van der Waals surface area contributed by atoms with Crippen molar-refractivity contribution in [1.82, 2.24) is 5.32 Å². The summed E-state index contributed by atoms with van der Waals surface area (Å²) in [5.41, 5.74) is 6.59. The van der Waals surface area contributed by atoms with Crippen molar-refractivity contribution in [3.8, 4) is 5.75 Å². The first-order valence-electron chi connectivity index (χ1n) is 5.86. The summed E-state index contributed by atoms with van der Waals surface area (Å²) in [6.07, 6.45) is 1.12. The molecule has 17 heavy (non-hydrogen) atoms. The Labute approximate surface area is 102 Å². The van der Waals surface area contributed by atoms with E-state index in [9.17, 15) is 9.90 Å². The average Bonchev–Trinajstić information content (AvgIpc) is 2.28. The Hall–Kier alpha value is -1.55. The van der Waals surface area contributed by atoms with E-state index in [1.54, 1.807) is 18.2 Å². The first kappa shape index (κ1) is 13.5. The van der Waals surface area contributed by atoms with Gasteiger partial charge in [0.1, 0.15) is 5.75 Å². The maximum atomic E-state index is 11.6. The summed E-state index contributed by atoms with van der Waals surface area (Å²) in [6.45, 7) is 3.83. The van der Waals surface area contributed by atoms with E-state index in [1.165, 1.54) is 0 Å². The fourth-order valence-corrected chi connectivity index (χ4v) is 1.56. The van der Waals surface area contributed by atoms with Crippen molar-refractivity contribution in [3.05, 3.63) is 29.8 Å². The molecule has 0 fully saturated rings.